The van der Waals surface area contributed by atoms with Gasteiger partial charge in [0.15, 0.2) is 5.16 Å². The molecule has 7 heteroatoms. The topological polar surface area (TPSA) is 55.2 Å². The molecule has 27 heavy (non-hydrogen) atoms. The highest BCUT2D eigenvalue weighted by Gasteiger charge is 2.24. The number of likely N-dealkylation sites (tertiary alicyclic amines) is 1. The molecule has 0 bridgehead atoms. The van der Waals surface area contributed by atoms with E-state index in [9.17, 15) is 9.59 Å². The molecule has 0 spiro atoms. The molecule has 0 saturated carbocycles. The van der Waals surface area contributed by atoms with Crippen molar-refractivity contribution in [1.29, 1.82) is 0 Å². The molecule has 1 saturated heterocycles. The van der Waals surface area contributed by atoms with E-state index in [1.54, 1.807) is 16.3 Å². The van der Waals surface area contributed by atoms with Gasteiger partial charge in [-0.1, -0.05) is 17.8 Å². The van der Waals surface area contributed by atoms with E-state index in [4.69, 9.17) is 4.98 Å². The van der Waals surface area contributed by atoms with E-state index < -0.39 is 0 Å². The molecule has 0 N–H and O–H groups in total. The normalized spacial score (nSPS) is 16.0. The molecule has 1 aromatic heterocycles. The van der Waals surface area contributed by atoms with Gasteiger partial charge in [-0.3, -0.25) is 14.2 Å². The molecule has 2 aromatic rings. The van der Waals surface area contributed by atoms with Gasteiger partial charge in [0.1, 0.15) is 0 Å². The lowest BCUT2D eigenvalue weighted by Gasteiger charge is -2.17. The van der Waals surface area contributed by atoms with Crippen molar-refractivity contribution in [3.05, 3.63) is 45.4 Å². The van der Waals surface area contributed by atoms with Gasteiger partial charge in [0.25, 0.3) is 5.56 Å². The number of fused-ring (bicyclic) bond motifs is 1. The second-order valence-corrected chi connectivity index (χ2v) is 9.18. The van der Waals surface area contributed by atoms with E-state index in [0.717, 1.165) is 65.5 Å². The minimum atomic E-state index is -0.0105. The van der Waals surface area contributed by atoms with Crippen LogP contribution in [0.5, 0.6) is 0 Å². The minimum absolute atomic E-state index is 0.0105. The van der Waals surface area contributed by atoms with E-state index in [0.29, 0.717) is 10.9 Å². The Balaban J connectivity index is 1.72. The van der Waals surface area contributed by atoms with Crippen molar-refractivity contribution < 1.29 is 4.79 Å². The second kappa shape index (κ2) is 7.72. The second-order valence-electron chi connectivity index (χ2n) is 7.13. The number of benzene rings is 1. The van der Waals surface area contributed by atoms with Gasteiger partial charge in [0.2, 0.25) is 5.91 Å². The zero-order valence-corrected chi connectivity index (χ0v) is 17.3. The zero-order valence-electron chi connectivity index (χ0n) is 15.7. The average Bonchev–Trinajstić information content (AvgIpc) is 3.30. The molecule has 2 aliphatic rings. The summed E-state index contributed by atoms with van der Waals surface area (Å²) in [5.41, 5.74) is 3.91. The number of carbonyl (C=O) groups excluding carboxylic acids is 1. The first-order chi connectivity index (χ1) is 13.0. The number of amides is 1. The van der Waals surface area contributed by atoms with Crippen LogP contribution in [0.15, 0.2) is 33.0 Å². The lowest BCUT2D eigenvalue weighted by Crippen LogP contribution is -2.30. The van der Waals surface area contributed by atoms with Gasteiger partial charge in [0.05, 0.1) is 22.0 Å². The number of carbonyl (C=O) groups is 1. The molecule has 3 heterocycles. The van der Waals surface area contributed by atoms with Crippen LogP contribution in [0.2, 0.25) is 0 Å². The van der Waals surface area contributed by atoms with Crippen LogP contribution in [0, 0.1) is 13.8 Å². The Morgan fingerprint density at radius 2 is 1.89 bits per heavy atom. The fourth-order valence-corrected chi connectivity index (χ4v) is 5.64. The van der Waals surface area contributed by atoms with Gasteiger partial charge in [-0.25, -0.2) is 4.98 Å². The number of hydrogen-bond donors (Lipinski definition) is 0. The van der Waals surface area contributed by atoms with Gasteiger partial charge in [0, 0.05) is 25.3 Å². The summed E-state index contributed by atoms with van der Waals surface area (Å²) in [6, 6.07) is 6.11. The SMILES string of the molecule is Cc1cc(C)cc(-n2c(SCC(=O)N3CCCC3)nc3c(c2=O)SCC3)c1. The Morgan fingerprint density at radius 3 is 2.59 bits per heavy atom. The highest BCUT2D eigenvalue weighted by Crippen LogP contribution is 2.30. The maximum Gasteiger partial charge on any atom is 0.272 e. The number of thioether (sulfide) groups is 2. The largest absolute Gasteiger partial charge is 0.342 e. The van der Waals surface area contributed by atoms with E-state index in [2.05, 4.69) is 6.07 Å². The number of nitrogens with zero attached hydrogens (tertiary/aromatic N) is 3. The summed E-state index contributed by atoms with van der Waals surface area (Å²) in [6.45, 7) is 5.75. The van der Waals surface area contributed by atoms with Crippen molar-refractivity contribution in [2.75, 3.05) is 24.6 Å². The summed E-state index contributed by atoms with van der Waals surface area (Å²) >= 11 is 2.97. The van der Waals surface area contributed by atoms with Crippen LogP contribution < -0.4 is 5.56 Å². The fraction of sp³-hybridized carbons (Fsp3) is 0.450. The lowest BCUT2D eigenvalue weighted by molar-refractivity contribution is -0.127. The monoisotopic (exact) mass is 401 g/mol. The molecular formula is C20H23N3O2S2. The molecule has 5 nitrogen and oxygen atoms in total. The predicted molar refractivity (Wildman–Crippen MR) is 110 cm³/mol. The van der Waals surface area contributed by atoms with Gasteiger partial charge in [-0.2, -0.15) is 0 Å². The average molecular weight is 402 g/mol. The van der Waals surface area contributed by atoms with Gasteiger partial charge in [-0.05, 0) is 49.9 Å². The van der Waals surface area contributed by atoms with Crippen molar-refractivity contribution in [3.63, 3.8) is 0 Å². The smallest absolute Gasteiger partial charge is 0.272 e. The molecule has 1 fully saturated rings. The molecule has 4 rings (SSSR count). The first kappa shape index (κ1) is 18.6. The predicted octanol–water partition coefficient (Wildman–Crippen LogP) is 3.21. The highest BCUT2D eigenvalue weighted by molar-refractivity contribution is 8.00. The Labute approximate surface area is 167 Å². The van der Waals surface area contributed by atoms with Gasteiger partial charge in [-0.15, -0.1) is 11.8 Å². The van der Waals surface area contributed by atoms with E-state index in [1.165, 1.54) is 11.8 Å². The van der Waals surface area contributed by atoms with Gasteiger partial charge >= 0.3 is 0 Å². The van der Waals surface area contributed by atoms with Crippen molar-refractivity contribution in [2.45, 2.75) is 43.2 Å². The molecule has 142 valence electrons. The van der Waals surface area contributed by atoms with Crippen LogP contribution in [0.4, 0.5) is 0 Å². The summed E-state index contributed by atoms with van der Waals surface area (Å²) in [5.74, 6) is 1.35. The number of hydrogen-bond acceptors (Lipinski definition) is 5. The standard InChI is InChI=1S/C20H23N3O2S2/c1-13-9-14(2)11-15(10-13)23-19(25)18-16(5-8-26-18)21-20(23)27-12-17(24)22-6-3-4-7-22/h9-11H,3-8,12H2,1-2H3. The third-order valence-electron chi connectivity index (χ3n) is 4.91. The molecule has 0 aliphatic carbocycles. The highest BCUT2D eigenvalue weighted by atomic mass is 32.2. The maximum atomic E-state index is 13.2. The Hall–Kier alpha value is -1.73. The van der Waals surface area contributed by atoms with Crippen molar-refractivity contribution in [3.8, 4) is 5.69 Å². The van der Waals surface area contributed by atoms with Crippen LogP contribution in [-0.2, 0) is 11.2 Å². The fourth-order valence-electron chi connectivity index (χ4n) is 3.68. The first-order valence-electron chi connectivity index (χ1n) is 9.31. The van der Waals surface area contributed by atoms with Crippen molar-refractivity contribution in [2.24, 2.45) is 0 Å². The van der Waals surface area contributed by atoms with Crippen LogP contribution >= 0.6 is 23.5 Å². The Kier molecular flexibility index (Phi) is 5.32. The zero-order chi connectivity index (χ0) is 19.0. The molecule has 0 atom stereocenters. The Morgan fingerprint density at radius 1 is 1.19 bits per heavy atom. The van der Waals surface area contributed by atoms with E-state index in [-0.39, 0.29) is 11.5 Å². The molecular weight excluding hydrogens is 378 g/mol. The van der Waals surface area contributed by atoms with Crippen molar-refractivity contribution in [1.82, 2.24) is 14.5 Å². The lowest BCUT2D eigenvalue weighted by atomic mass is 10.1. The number of aromatic nitrogens is 2. The molecule has 1 aromatic carbocycles. The molecule has 0 unspecified atom stereocenters. The Bertz CT molecular complexity index is 929. The van der Waals surface area contributed by atoms with Crippen molar-refractivity contribution >= 4 is 29.4 Å². The quantitative estimate of drug-likeness (QED) is 0.582. The van der Waals surface area contributed by atoms with Crippen LogP contribution in [0.3, 0.4) is 0 Å². The van der Waals surface area contributed by atoms with Crippen LogP contribution in [0.1, 0.15) is 29.7 Å². The third kappa shape index (κ3) is 3.80. The molecule has 2 aliphatic heterocycles. The van der Waals surface area contributed by atoms with Gasteiger partial charge < -0.3 is 4.90 Å². The first-order valence-corrected chi connectivity index (χ1v) is 11.3. The summed E-state index contributed by atoms with van der Waals surface area (Å²) in [6.07, 6.45) is 2.98. The molecule has 1 amide bonds. The summed E-state index contributed by atoms with van der Waals surface area (Å²) in [7, 11) is 0. The van der Waals surface area contributed by atoms with Crippen LogP contribution in [0.25, 0.3) is 5.69 Å². The number of rotatable bonds is 4. The molecule has 0 radical (unpaired) electrons. The third-order valence-corrected chi connectivity index (χ3v) is 6.95. The summed E-state index contributed by atoms with van der Waals surface area (Å²) in [5, 5.41) is 0.624. The maximum absolute atomic E-state index is 13.2. The summed E-state index contributed by atoms with van der Waals surface area (Å²) in [4.78, 5) is 33.1. The summed E-state index contributed by atoms with van der Waals surface area (Å²) < 4.78 is 1.69. The van der Waals surface area contributed by atoms with E-state index in [1.807, 2.05) is 30.9 Å². The van der Waals surface area contributed by atoms with E-state index >= 15 is 0 Å². The minimum Gasteiger partial charge on any atom is -0.342 e. The number of aryl methyl sites for hydroxylation is 3. The van der Waals surface area contributed by atoms with Crippen LogP contribution in [-0.4, -0.2) is 45.0 Å².